The molecular formula is C22H19NO3. The normalized spacial score (nSPS) is 12.2. The first kappa shape index (κ1) is 16.2. The molecule has 3 aromatic rings. The lowest BCUT2D eigenvalue weighted by Gasteiger charge is -2.17. The van der Waals surface area contributed by atoms with Gasteiger partial charge in [-0.2, -0.15) is 0 Å². The number of amides is 1. The van der Waals surface area contributed by atoms with Crippen LogP contribution < -0.4 is 14.8 Å². The van der Waals surface area contributed by atoms with Gasteiger partial charge in [0.05, 0.1) is 20.3 Å². The number of carbonyl (C=O) groups is 1. The summed E-state index contributed by atoms with van der Waals surface area (Å²) in [6.45, 7) is 0. The number of ether oxygens (including phenoxy) is 2. The van der Waals surface area contributed by atoms with Gasteiger partial charge in [-0.1, -0.05) is 48.5 Å². The van der Waals surface area contributed by atoms with Crippen LogP contribution >= 0.6 is 0 Å². The van der Waals surface area contributed by atoms with Crippen molar-refractivity contribution in [1.82, 2.24) is 5.32 Å². The zero-order valence-corrected chi connectivity index (χ0v) is 14.7. The van der Waals surface area contributed by atoms with Gasteiger partial charge in [-0.05, 0) is 40.5 Å². The summed E-state index contributed by atoms with van der Waals surface area (Å²) in [6.07, 6.45) is 0. The minimum Gasteiger partial charge on any atom is -0.493 e. The van der Waals surface area contributed by atoms with Crippen molar-refractivity contribution in [3.8, 4) is 22.6 Å². The zero-order valence-electron chi connectivity index (χ0n) is 14.7. The van der Waals surface area contributed by atoms with E-state index in [4.69, 9.17) is 9.47 Å². The van der Waals surface area contributed by atoms with Crippen molar-refractivity contribution in [2.75, 3.05) is 14.2 Å². The second-order valence-corrected chi connectivity index (χ2v) is 6.15. The Balaban J connectivity index is 1.68. The van der Waals surface area contributed by atoms with E-state index in [1.807, 2.05) is 24.3 Å². The molecule has 0 heterocycles. The Labute approximate surface area is 152 Å². The van der Waals surface area contributed by atoms with Gasteiger partial charge in [0.15, 0.2) is 11.5 Å². The second-order valence-electron chi connectivity index (χ2n) is 6.15. The van der Waals surface area contributed by atoms with Crippen molar-refractivity contribution in [2.45, 2.75) is 6.04 Å². The Hall–Kier alpha value is -3.27. The third-order valence-corrected chi connectivity index (χ3v) is 4.75. The van der Waals surface area contributed by atoms with Crippen molar-refractivity contribution in [3.63, 3.8) is 0 Å². The maximum atomic E-state index is 12.9. The van der Waals surface area contributed by atoms with Crippen LogP contribution in [-0.4, -0.2) is 20.1 Å². The Morgan fingerprint density at radius 3 is 1.96 bits per heavy atom. The number of methoxy groups -OCH3 is 2. The maximum Gasteiger partial charge on any atom is 0.252 e. The van der Waals surface area contributed by atoms with Gasteiger partial charge < -0.3 is 14.8 Å². The molecule has 1 aliphatic rings. The summed E-state index contributed by atoms with van der Waals surface area (Å²) < 4.78 is 10.5. The molecule has 1 N–H and O–H groups in total. The van der Waals surface area contributed by atoms with Gasteiger partial charge in [0.2, 0.25) is 0 Å². The van der Waals surface area contributed by atoms with E-state index in [-0.39, 0.29) is 11.9 Å². The quantitative estimate of drug-likeness (QED) is 0.771. The van der Waals surface area contributed by atoms with Crippen LogP contribution in [0.3, 0.4) is 0 Å². The molecule has 4 heteroatoms. The Kier molecular flexibility index (Phi) is 4.09. The fraction of sp³-hybridized carbons (Fsp3) is 0.136. The minimum atomic E-state index is -0.164. The van der Waals surface area contributed by atoms with Crippen molar-refractivity contribution in [1.29, 1.82) is 0 Å². The highest BCUT2D eigenvalue weighted by atomic mass is 16.5. The van der Waals surface area contributed by atoms with E-state index in [0.717, 1.165) is 11.1 Å². The number of hydrogen-bond donors (Lipinski definition) is 1. The van der Waals surface area contributed by atoms with Gasteiger partial charge in [0.25, 0.3) is 5.91 Å². The smallest absolute Gasteiger partial charge is 0.252 e. The predicted octanol–water partition coefficient (Wildman–Crippen LogP) is 4.20. The van der Waals surface area contributed by atoms with Gasteiger partial charge >= 0.3 is 0 Å². The first-order chi connectivity index (χ1) is 12.7. The van der Waals surface area contributed by atoms with Gasteiger partial charge in [0.1, 0.15) is 0 Å². The molecule has 130 valence electrons. The van der Waals surface area contributed by atoms with E-state index in [9.17, 15) is 4.79 Å². The molecule has 1 amide bonds. The average molecular weight is 345 g/mol. The van der Waals surface area contributed by atoms with Crippen molar-refractivity contribution in [2.24, 2.45) is 0 Å². The molecule has 26 heavy (non-hydrogen) atoms. The van der Waals surface area contributed by atoms with Crippen molar-refractivity contribution < 1.29 is 14.3 Å². The van der Waals surface area contributed by atoms with Crippen LogP contribution in [0.15, 0.2) is 66.7 Å². The molecule has 0 bridgehead atoms. The summed E-state index contributed by atoms with van der Waals surface area (Å²) in [6, 6.07) is 21.4. The molecule has 1 aliphatic carbocycles. The highest BCUT2D eigenvalue weighted by molar-refractivity contribution is 5.96. The number of fused-ring (bicyclic) bond motifs is 3. The molecule has 0 fully saturated rings. The van der Waals surface area contributed by atoms with E-state index in [0.29, 0.717) is 17.1 Å². The number of benzene rings is 3. The van der Waals surface area contributed by atoms with E-state index in [2.05, 4.69) is 29.6 Å². The summed E-state index contributed by atoms with van der Waals surface area (Å²) >= 11 is 0. The number of rotatable bonds is 4. The maximum absolute atomic E-state index is 12.9. The Bertz CT molecular complexity index is 935. The first-order valence-electron chi connectivity index (χ1n) is 8.44. The van der Waals surface area contributed by atoms with Crippen LogP contribution in [0.25, 0.3) is 11.1 Å². The average Bonchev–Trinajstić information content (AvgIpc) is 3.01. The molecule has 4 nitrogen and oxygen atoms in total. The standard InChI is InChI=1S/C22H19NO3/c1-25-19-12-11-14(13-20(19)26-2)22(24)23-21-17-9-5-3-7-15(17)16-8-4-6-10-18(16)21/h3-13,21H,1-2H3,(H,23,24). The van der Waals surface area contributed by atoms with Gasteiger partial charge in [-0.15, -0.1) is 0 Å². The largest absolute Gasteiger partial charge is 0.493 e. The summed E-state index contributed by atoms with van der Waals surface area (Å²) in [4.78, 5) is 12.9. The van der Waals surface area contributed by atoms with Gasteiger partial charge in [0, 0.05) is 5.56 Å². The molecule has 0 spiro atoms. The lowest BCUT2D eigenvalue weighted by atomic mass is 10.0. The van der Waals surface area contributed by atoms with Crippen molar-refractivity contribution >= 4 is 5.91 Å². The van der Waals surface area contributed by atoms with Crippen LogP contribution in [-0.2, 0) is 0 Å². The van der Waals surface area contributed by atoms with E-state index in [1.54, 1.807) is 32.4 Å². The highest BCUT2D eigenvalue weighted by Crippen LogP contribution is 2.43. The molecule has 0 atom stereocenters. The number of hydrogen-bond acceptors (Lipinski definition) is 3. The molecule has 0 unspecified atom stereocenters. The predicted molar refractivity (Wildman–Crippen MR) is 101 cm³/mol. The molecule has 0 saturated heterocycles. The molecule has 0 aromatic heterocycles. The Morgan fingerprint density at radius 2 is 1.38 bits per heavy atom. The van der Waals surface area contributed by atoms with E-state index in [1.165, 1.54) is 11.1 Å². The van der Waals surface area contributed by atoms with Crippen LogP contribution in [0.5, 0.6) is 11.5 Å². The van der Waals surface area contributed by atoms with Crippen LogP contribution in [0, 0.1) is 0 Å². The molecule has 0 saturated carbocycles. The van der Waals surface area contributed by atoms with Crippen LogP contribution in [0.1, 0.15) is 27.5 Å². The van der Waals surface area contributed by atoms with Gasteiger partial charge in [-0.25, -0.2) is 0 Å². The van der Waals surface area contributed by atoms with Crippen LogP contribution in [0.4, 0.5) is 0 Å². The third-order valence-electron chi connectivity index (χ3n) is 4.75. The van der Waals surface area contributed by atoms with Gasteiger partial charge in [-0.3, -0.25) is 4.79 Å². The minimum absolute atomic E-state index is 0.151. The number of carbonyl (C=O) groups excluding carboxylic acids is 1. The SMILES string of the molecule is COc1ccc(C(=O)NC2c3ccccc3-c3ccccc32)cc1OC. The topological polar surface area (TPSA) is 47.6 Å². The first-order valence-corrected chi connectivity index (χ1v) is 8.44. The summed E-state index contributed by atoms with van der Waals surface area (Å²) in [7, 11) is 3.13. The molecule has 4 rings (SSSR count). The fourth-order valence-corrected chi connectivity index (χ4v) is 3.50. The molecule has 0 aliphatic heterocycles. The zero-order chi connectivity index (χ0) is 18.1. The second kappa shape index (κ2) is 6.56. The Morgan fingerprint density at radius 1 is 0.808 bits per heavy atom. The van der Waals surface area contributed by atoms with Crippen LogP contribution in [0.2, 0.25) is 0 Å². The fourth-order valence-electron chi connectivity index (χ4n) is 3.50. The highest BCUT2D eigenvalue weighted by Gasteiger charge is 2.29. The van der Waals surface area contributed by atoms with E-state index < -0.39 is 0 Å². The number of nitrogens with one attached hydrogen (secondary N) is 1. The summed E-state index contributed by atoms with van der Waals surface area (Å²) in [5.74, 6) is 0.982. The summed E-state index contributed by atoms with van der Waals surface area (Å²) in [5.41, 5.74) is 5.09. The lowest BCUT2D eigenvalue weighted by Crippen LogP contribution is -2.28. The molecule has 0 radical (unpaired) electrons. The van der Waals surface area contributed by atoms with E-state index >= 15 is 0 Å². The third kappa shape index (κ3) is 2.60. The summed E-state index contributed by atoms with van der Waals surface area (Å²) in [5, 5.41) is 3.16. The monoisotopic (exact) mass is 345 g/mol. The van der Waals surface area contributed by atoms with Crippen molar-refractivity contribution in [3.05, 3.63) is 83.4 Å². The molecular weight excluding hydrogens is 326 g/mol. The molecule has 3 aromatic carbocycles. The lowest BCUT2D eigenvalue weighted by molar-refractivity contribution is 0.0943.